The molecule has 4 nitrogen and oxygen atoms in total. The van der Waals surface area contributed by atoms with Crippen LogP contribution in [-0.2, 0) is 12.4 Å². The summed E-state index contributed by atoms with van der Waals surface area (Å²) in [6, 6.07) is 39.9. The number of hydrogen-bond acceptors (Lipinski definition) is 2. The topological polar surface area (TPSA) is 39.2 Å². The molecule has 0 bridgehead atoms. The van der Waals surface area contributed by atoms with Crippen LogP contribution in [0.15, 0.2) is 140 Å². The maximum absolute atomic E-state index is 5.71. The molecule has 1 aliphatic rings. The second-order valence-corrected chi connectivity index (χ2v) is 14.9. The summed E-state index contributed by atoms with van der Waals surface area (Å²) in [5.74, 6) is 3.24. The Morgan fingerprint density at radius 1 is 0.629 bits per heavy atom. The molecule has 7 aromatic rings. The number of H-pyrrole nitrogens is 1. The first-order chi connectivity index (χ1) is 29.8. The minimum absolute atomic E-state index is 0. The van der Waals surface area contributed by atoms with Crippen LogP contribution in [-0.4, -0.2) is 34.5 Å². The molecule has 0 radical (unpaired) electrons. The molecule has 1 aliphatic carbocycles. The van der Waals surface area contributed by atoms with Crippen molar-refractivity contribution in [2.45, 2.75) is 75.2 Å². The van der Waals surface area contributed by atoms with Crippen molar-refractivity contribution in [2.75, 3.05) is 25.0 Å². The third-order valence-electron chi connectivity index (χ3n) is 9.77. The summed E-state index contributed by atoms with van der Waals surface area (Å²) in [6.07, 6.45) is 11.1. The molecule has 7 heteroatoms. The SMILES string of the molecule is C.CC.CC.Cc1ccc2[nH]c(C3=CC=[C+]C=C3)c(C)c2c1.Cc1ccc2c(c1)c(C)c(-c1ccccc1)n2Cc1ccc(OCCCl)cc1.ClCCOc1ccc(CCl)cc1. The second kappa shape index (κ2) is 27.0. The molecule has 0 spiro atoms. The van der Waals surface area contributed by atoms with Crippen LogP contribution in [0.5, 0.6) is 11.5 Å². The Labute approximate surface area is 386 Å². The number of rotatable bonds is 11. The zero-order chi connectivity index (χ0) is 44.1. The maximum Gasteiger partial charge on any atom is 0.119 e. The van der Waals surface area contributed by atoms with Crippen molar-refractivity contribution in [3.8, 4) is 22.8 Å². The van der Waals surface area contributed by atoms with Crippen LogP contribution in [0.4, 0.5) is 0 Å². The second-order valence-electron chi connectivity index (χ2n) is 13.9. The van der Waals surface area contributed by atoms with E-state index < -0.39 is 0 Å². The Morgan fingerprint density at radius 2 is 1.19 bits per heavy atom. The number of fused-ring (bicyclic) bond motifs is 2. The summed E-state index contributed by atoms with van der Waals surface area (Å²) in [6.45, 7) is 18.6. The molecule has 0 fully saturated rings. The van der Waals surface area contributed by atoms with Crippen molar-refractivity contribution in [3.05, 3.63) is 185 Å². The molecule has 2 heterocycles. The molecule has 62 heavy (non-hydrogen) atoms. The summed E-state index contributed by atoms with van der Waals surface area (Å²) in [5, 5.41) is 2.63. The zero-order valence-electron chi connectivity index (χ0n) is 36.9. The Kier molecular flexibility index (Phi) is 22.2. The van der Waals surface area contributed by atoms with E-state index in [0.29, 0.717) is 30.9 Å². The van der Waals surface area contributed by atoms with E-state index in [-0.39, 0.29) is 7.43 Å². The number of nitrogens with zero attached hydrogens (tertiary/aromatic N) is 1. The third-order valence-corrected chi connectivity index (χ3v) is 10.4. The van der Waals surface area contributed by atoms with Gasteiger partial charge in [-0.05, 0) is 104 Å². The summed E-state index contributed by atoms with van der Waals surface area (Å²) >= 11 is 16.8. The lowest BCUT2D eigenvalue weighted by molar-refractivity contribution is 0.342. The van der Waals surface area contributed by atoms with Crippen molar-refractivity contribution < 1.29 is 9.47 Å². The molecule has 5 aromatic carbocycles. The summed E-state index contributed by atoms with van der Waals surface area (Å²) in [4.78, 5) is 3.49. The van der Waals surface area contributed by atoms with Crippen molar-refractivity contribution in [1.29, 1.82) is 0 Å². The highest BCUT2D eigenvalue weighted by Gasteiger charge is 2.17. The molecule has 0 aliphatic heterocycles. The van der Waals surface area contributed by atoms with Gasteiger partial charge in [-0.2, -0.15) is 0 Å². The van der Waals surface area contributed by atoms with Gasteiger partial charge in [0.1, 0.15) is 42.4 Å². The third kappa shape index (κ3) is 13.9. The Bertz CT molecular complexity index is 2480. The average Bonchev–Trinajstić information content (AvgIpc) is 3.78. The minimum atomic E-state index is 0. The molecule has 0 atom stereocenters. The number of allylic oxidation sites excluding steroid dienone is 6. The number of aromatic nitrogens is 2. The fourth-order valence-corrected chi connectivity index (χ4v) is 7.25. The molecular weight excluding hydrogens is 827 g/mol. The van der Waals surface area contributed by atoms with E-state index in [1.807, 2.05) is 76.2 Å². The summed E-state index contributed by atoms with van der Waals surface area (Å²) in [7, 11) is 0. The molecule has 0 amide bonds. The highest BCUT2D eigenvalue weighted by Crippen LogP contribution is 2.35. The highest BCUT2D eigenvalue weighted by atomic mass is 35.5. The van der Waals surface area contributed by atoms with Crippen LogP contribution < -0.4 is 9.47 Å². The number of nitrogens with one attached hydrogen (secondary N) is 1. The van der Waals surface area contributed by atoms with Gasteiger partial charge in [0, 0.05) is 40.3 Å². The predicted octanol–water partition coefficient (Wildman–Crippen LogP) is 16.4. The lowest BCUT2D eigenvalue weighted by Gasteiger charge is -2.13. The summed E-state index contributed by atoms with van der Waals surface area (Å²) < 4.78 is 13.3. The number of alkyl halides is 3. The Hall–Kier alpha value is -5.22. The molecule has 0 saturated heterocycles. The van der Waals surface area contributed by atoms with Gasteiger partial charge in [-0.25, -0.2) is 0 Å². The maximum atomic E-state index is 5.71. The molecular formula is C55H64Cl3N2O2+. The Balaban J connectivity index is 0.000000257. The van der Waals surface area contributed by atoms with Gasteiger partial charge in [0.05, 0.1) is 35.3 Å². The van der Waals surface area contributed by atoms with Crippen LogP contribution in [0.3, 0.4) is 0 Å². The van der Waals surface area contributed by atoms with Gasteiger partial charge in [-0.15, -0.1) is 34.8 Å². The van der Waals surface area contributed by atoms with Crippen LogP contribution in [0.2, 0.25) is 0 Å². The standard InChI is InChI=1S/C25H24ClNO.C16H14N.C9H10Cl2O.2C2H6.CH4/c1-18-8-13-24-23(16-18)19(2)25(21-6-4-3-5-7-21)27(24)17-20-9-11-22(12-10-20)28-15-14-26;1-11-8-9-15-14(10-11)12(2)16(17-15)13-6-4-3-5-7-13;10-5-6-12-9-3-1-8(7-11)2-4-9;2*1-2;/h3-13,16H,14-15,17H2,1-2H3;4-10,17H,1-2H3;1-4H,5-7H2;2*1-2H3;1H4/q;+1;;;;. The monoisotopic (exact) mass is 889 g/mol. The van der Waals surface area contributed by atoms with Crippen molar-refractivity contribution in [2.24, 2.45) is 0 Å². The normalized spacial score (nSPS) is 10.9. The minimum Gasteiger partial charge on any atom is -0.492 e. The largest absolute Gasteiger partial charge is 0.492 e. The number of aromatic amines is 1. The van der Waals surface area contributed by atoms with E-state index in [9.17, 15) is 0 Å². The molecule has 8 rings (SSSR count). The van der Waals surface area contributed by atoms with E-state index in [0.717, 1.165) is 23.6 Å². The van der Waals surface area contributed by atoms with Gasteiger partial charge >= 0.3 is 0 Å². The van der Waals surface area contributed by atoms with E-state index in [2.05, 4.69) is 134 Å². The number of hydrogen-bond donors (Lipinski definition) is 1. The summed E-state index contributed by atoms with van der Waals surface area (Å²) in [5.41, 5.74) is 15.0. The smallest absolute Gasteiger partial charge is 0.119 e. The fourth-order valence-electron chi connectivity index (χ4n) is 6.91. The van der Waals surface area contributed by atoms with E-state index in [4.69, 9.17) is 44.3 Å². The molecule has 2 aromatic heterocycles. The van der Waals surface area contributed by atoms with Crippen LogP contribution in [0, 0.1) is 33.8 Å². The van der Waals surface area contributed by atoms with E-state index in [1.165, 1.54) is 72.1 Å². The van der Waals surface area contributed by atoms with Crippen LogP contribution in [0.1, 0.15) is 74.2 Å². The van der Waals surface area contributed by atoms with Crippen LogP contribution in [0.25, 0.3) is 38.6 Å². The highest BCUT2D eigenvalue weighted by molar-refractivity contribution is 6.18. The first-order valence-corrected chi connectivity index (χ1v) is 22.7. The van der Waals surface area contributed by atoms with E-state index >= 15 is 0 Å². The molecule has 0 unspecified atom stereocenters. The fraction of sp³-hybridized carbons (Fsp3) is 0.273. The molecule has 1 N–H and O–H groups in total. The van der Waals surface area contributed by atoms with Gasteiger partial charge in [0.25, 0.3) is 0 Å². The van der Waals surface area contributed by atoms with Crippen LogP contribution >= 0.6 is 34.8 Å². The Morgan fingerprint density at radius 3 is 1.74 bits per heavy atom. The van der Waals surface area contributed by atoms with Gasteiger partial charge < -0.3 is 19.0 Å². The molecule has 326 valence electrons. The van der Waals surface area contributed by atoms with Gasteiger partial charge in [-0.3, -0.25) is 0 Å². The van der Waals surface area contributed by atoms with Gasteiger partial charge in [0.15, 0.2) is 0 Å². The lowest BCUT2D eigenvalue weighted by Crippen LogP contribution is -2.03. The predicted molar refractivity (Wildman–Crippen MR) is 273 cm³/mol. The first kappa shape index (κ1) is 51.1. The van der Waals surface area contributed by atoms with Crippen molar-refractivity contribution in [3.63, 3.8) is 0 Å². The van der Waals surface area contributed by atoms with Crippen molar-refractivity contribution >= 4 is 62.2 Å². The number of ether oxygens (including phenoxy) is 2. The average molecular weight is 891 g/mol. The quantitative estimate of drug-likeness (QED) is 0.104. The van der Waals surface area contributed by atoms with E-state index in [1.54, 1.807) is 0 Å². The number of aryl methyl sites for hydroxylation is 4. The number of halogens is 3. The number of benzene rings is 5. The first-order valence-electron chi connectivity index (χ1n) is 21.1. The van der Waals surface area contributed by atoms with Gasteiger partial charge in [0.2, 0.25) is 0 Å². The van der Waals surface area contributed by atoms with Gasteiger partial charge in [-0.1, -0.05) is 113 Å². The molecule has 0 saturated carbocycles. The van der Waals surface area contributed by atoms with Crippen molar-refractivity contribution in [1.82, 2.24) is 9.55 Å². The lowest BCUT2D eigenvalue weighted by atomic mass is 10.0. The zero-order valence-corrected chi connectivity index (χ0v) is 39.2.